The Labute approximate surface area is 161 Å². The Hall–Kier alpha value is -2.37. The van der Waals surface area contributed by atoms with Crippen molar-refractivity contribution in [2.45, 2.75) is 14.7 Å². The van der Waals surface area contributed by atoms with E-state index in [1.165, 1.54) is 11.8 Å². The van der Waals surface area contributed by atoms with Gasteiger partial charge in [0.1, 0.15) is 5.75 Å². The molecule has 0 spiro atoms. The van der Waals surface area contributed by atoms with Crippen LogP contribution in [0.3, 0.4) is 0 Å². The molecule has 0 fully saturated rings. The van der Waals surface area contributed by atoms with E-state index >= 15 is 0 Å². The molecule has 0 unspecified atom stereocenters. The summed E-state index contributed by atoms with van der Waals surface area (Å²) in [6, 6.07) is 23.9. The molecule has 26 heavy (non-hydrogen) atoms. The molecule has 0 aromatic heterocycles. The maximum Gasteiger partial charge on any atom is 0.241 e. The van der Waals surface area contributed by atoms with Crippen molar-refractivity contribution in [3.05, 3.63) is 72.8 Å². The molecular weight excluding hydrogens is 362 g/mol. The van der Waals surface area contributed by atoms with Crippen LogP contribution in [0, 0.1) is 0 Å². The van der Waals surface area contributed by atoms with E-state index in [1.54, 1.807) is 18.9 Å². The Kier molecular flexibility index (Phi) is 4.91. The summed E-state index contributed by atoms with van der Waals surface area (Å²) in [7, 11) is 1.65. The van der Waals surface area contributed by atoms with Crippen LogP contribution in [0.15, 0.2) is 87.5 Å². The largest absolute Gasteiger partial charge is 0.497 e. The second kappa shape index (κ2) is 7.48. The molecule has 0 N–H and O–H groups in total. The first kappa shape index (κ1) is 17.1. The van der Waals surface area contributed by atoms with Gasteiger partial charge < -0.3 is 4.74 Å². The van der Waals surface area contributed by atoms with Crippen molar-refractivity contribution >= 4 is 40.8 Å². The zero-order chi connectivity index (χ0) is 17.9. The molecule has 0 bridgehead atoms. The number of nitrogens with zero attached hydrogens (tertiary/aromatic N) is 1. The van der Waals surface area contributed by atoms with Crippen LogP contribution in [0.5, 0.6) is 5.75 Å². The van der Waals surface area contributed by atoms with Crippen molar-refractivity contribution in [3.8, 4) is 5.75 Å². The summed E-state index contributed by atoms with van der Waals surface area (Å²) >= 11 is 3.24. The lowest BCUT2D eigenvalue weighted by atomic mass is 10.2. The predicted octanol–water partition coefficient (Wildman–Crippen LogP) is 5.62. The van der Waals surface area contributed by atoms with E-state index in [4.69, 9.17) is 4.74 Å². The van der Waals surface area contributed by atoms with E-state index in [0.29, 0.717) is 5.75 Å². The Balaban J connectivity index is 1.59. The Morgan fingerprint density at radius 1 is 0.923 bits per heavy atom. The van der Waals surface area contributed by atoms with E-state index in [-0.39, 0.29) is 5.91 Å². The molecule has 0 aliphatic carbocycles. The second-order valence-electron chi connectivity index (χ2n) is 5.73. The number of anilines is 2. The van der Waals surface area contributed by atoms with Gasteiger partial charge in [-0.15, -0.1) is 11.8 Å². The fourth-order valence-corrected chi connectivity index (χ4v) is 4.66. The van der Waals surface area contributed by atoms with Gasteiger partial charge in [0.2, 0.25) is 5.91 Å². The summed E-state index contributed by atoms with van der Waals surface area (Å²) in [5.41, 5.74) is 1.91. The number of methoxy groups -OCH3 is 1. The minimum absolute atomic E-state index is 0.0750. The molecule has 1 heterocycles. The number of para-hydroxylation sites is 2. The van der Waals surface area contributed by atoms with Crippen LogP contribution >= 0.6 is 23.5 Å². The number of benzene rings is 3. The molecule has 3 aromatic rings. The summed E-state index contributed by atoms with van der Waals surface area (Å²) in [5.74, 6) is 1.27. The predicted molar refractivity (Wildman–Crippen MR) is 108 cm³/mol. The highest BCUT2D eigenvalue weighted by molar-refractivity contribution is 8.00. The lowest BCUT2D eigenvalue weighted by Gasteiger charge is -2.31. The minimum Gasteiger partial charge on any atom is -0.497 e. The number of hydrogen-bond acceptors (Lipinski definition) is 4. The lowest BCUT2D eigenvalue weighted by molar-refractivity contribution is -0.115. The molecule has 1 aliphatic heterocycles. The zero-order valence-electron chi connectivity index (χ0n) is 14.2. The highest BCUT2D eigenvalue weighted by Crippen LogP contribution is 2.48. The molecule has 1 aliphatic rings. The summed E-state index contributed by atoms with van der Waals surface area (Å²) in [6.07, 6.45) is 0. The van der Waals surface area contributed by atoms with Crippen LogP contribution in [0.4, 0.5) is 11.4 Å². The molecule has 130 valence electrons. The van der Waals surface area contributed by atoms with Crippen molar-refractivity contribution in [2.24, 2.45) is 0 Å². The van der Waals surface area contributed by atoms with Gasteiger partial charge in [-0.1, -0.05) is 36.0 Å². The SMILES string of the molecule is COc1ccc(SCC(=O)N2c3ccccc3Sc3ccccc32)cc1. The number of rotatable bonds is 4. The Bertz CT molecular complexity index is 895. The third kappa shape index (κ3) is 3.32. The van der Waals surface area contributed by atoms with Crippen molar-refractivity contribution in [1.82, 2.24) is 0 Å². The van der Waals surface area contributed by atoms with E-state index in [2.05, 4.69) is 12.1 Å². The average molecular weight is 380 g/mol. The first-order chi connectivity index (χ1) is 12.8. The quantitative estimate of drug-likeness (QED) is 0.551. The molecule has 3 nitrogen and oxygen atoms in total. The molecular formula is C21H17NO2S2. The maximum atomic E-state index is 13.1. The smallest absolute Gasteiger partial charge is 0.241 e. The fraction of sp³-hybridized carbons (Fsp3) is 0.0952. The number of thioether (sulfide) groups is 1. The van der Waals surface area contributed by atoms with Crippen LogP contribution in [-0.4, -0.2) is 18.8 Å². The molecule has 0 saturated carbocycles. The van der Waals surface area contributed by atoms with Gasteiger partial charge >= 0.3 is 0 Å². The maximum absolute atomic E-state index is 13.1. The molecule has 4 rings (SSSR count). The van der Waals surface area contributed by atoms with Gasteiger partial charge in [-0.3, -0.25) is 9.69 Å². The summed E-state index contributed by atoms with van der Waals surface area (Å²) in [5, 5.41) is 0. The number of carbonyl (C=O) groups excluding carboxylic acids is 1. The Morgan fingerprint density at radius 2 is 1.50 bits per heavy atom. The van der Waals surface area contributed by atoms with Crippen molar-refractivity contribution in [1.29, 1.82) is 0 Å². The number of amides is 1. The number of hydrogen-bond donors (Lipinski definition) is 0. The summed E-state index contributed by atoms with van der Waals surface area (Å²) in [6.45, 7) is 0. The second-order valence-corrected chi connectivity index (χ2v) is 7.86. The van der Waals surface area contributed by atoms with Crippen LogP contribution in [0.2, 0.25) is 0 Å². The normalized spacial score (nSPS) is 12.3. The number of carbonyl (C=O) groups is 1. The third-order valence-electron chi connectivity index (χ3n) is 4.10. The molecule has 5 heteroatoms. The van der Waals surface area contributed by atoms with Crippen LogP contribution < -0.4 is 9.64 Å². The number of fused-ring (bicyclic) bond motifs is 2. The van der Waals surface area contributed by atoms with Crippen molar-refractivity contribution in [2.75, 3.05) is 17.8 Å². The highest BCUT2D eigenvalue weighted by atomic mass is 32.2. The van der Waals surface area contributed by atoms with Gasteiger partial charge in [0.05, 0.1) is 24.2 Å². The molecule has 0 radical (unpaired) electrons. The van der Waals surface area contributed by atoms with E-state index in [1.807, 2.05) is 65.6 Å². The third-order valence-corrected chi connectivity index (χ3v) is 6.23. The monoisotopic (exact) mass is 379 g/mol. The average Bonchev–Trinajstić information content (AvgIpc) is 2.70. The fourth-order valence-electron chi connectivity index (χ4n) is 2.85. The highest BCUT2D eigenvalue weighted by Gasteiger charge is 2.27. The summed E-state index contributed by atoms with van der Waals surface area (Å²) in [4.78, 5) is 18.2. The van der Waals surface area contributed by atoms with Crippen LogP contribution in [0.1, 0.15) is 0 Å². The molecule has 0 saturated heterocycles. The van der Waals surface area contributed by atoms with Crippen LogP contribution in [-0.2, 0) is 4.79 Å². The first-order valence-electron chi connectivity index (χ1n) is 8.22. The summed E-state index contributed by atoms with van der Waals surface area (Å²) < 4.78 is 5.18. The molecule has 0 atom stereocenters. The van der Waals surface area contributed by atoms with Gasteiger partial charge in [0.25, 0.3) is 0 Å². The van der Waals surface area contributed by atoms with E-state index in [0.717, 1.165) is 31.8 Å². The van der Waals surface area contributed by atoms with Gasteiger partial charge in [-0.05, 0) is 48.5 Å². The Morgan fingerprint density at radius 3 is 2.08 bits per heavy atom. The van der Waals surface area contributed by atoms with Crippen molar-refractivity contribution < 1.29 is 9.53 Å². The number of ether oxygens (including phenoxy) is 1. The minimum atomic E-state index is 0.0750. The van der Waals surface area contributed by atoms with Gasteiger partial charge in [0.15, 0.2) is 0 Å². The van der Waals surface area contributed by atoms with E-state index in [9.17, 15) is 4.79 Å². The standard InChI is InChI=1S/C21H17NO2S2/c1-24-15-10-12-16(13-11-15)25-14-21(23)22-17-6-2-4-8-19(17)26-20-9-5-3-7-18(20)22/h2-13H,14H2,1H3. The van der Waals surface area contributed by atoms with Gasteiger partial charge in [0, 0.05) is 14.7 Å². The van der Waals surface area contributed by atoms with E-state index < -0.39 is 0 Å². The van der Waals surface area contributed by atoms with Crippen molar-refractivity contribution in [3.63, 3.8) is 0 Å². The van der Waals surface area contributed by atoms with Crippen LogP contribution in [0.25, 0.3) is 0 Å². The topological polar surface area (TPSA) is 29.5 Å². The lowest BCUT2D eigenvalue weighted by Crippen LogP contribution is -2.29. The first-order valence-corrected chi connectivity index (χ1v) is 10.0. The van der Waals surface area contributed by atoms with Gasteiger partial charge in [-0.25, -0.2) is 0 Å². The molecule has 3 aromatic carbocycles. The zero-order valence-corrected chi connectivity index (χ0v) is 15.8. The molecule has 1 amide bonds. The van der Waals surface area contributed by atoms with Gasteiger partial charge in [-0.2, -0.15) is 0 Å².